The summed E-state index contributed by atoms with van der Waals surface area (Å²) in [6, 6.07) is 15.4. The molecule has 0 saturated heterocycles. The number of thiazole rings is 1. The lowest BCUT2D eigenvalue weighted by atomic mass is 10.2. The Morgan fingerprint density at radius 1 is 1.00 bits per heavy atom. The molecule has 0 radical (unpaired) electrons. The highest BCUT2D eigenvalue weighted by Crippen LogP contribution is 2.15. The summed E-state index contributed by atoms with van der Waals surface area (Å²) in [6.45, 7) is 0. The first kappa shape index (κ1) is 20.7. The fourth-order valence-electron chi connectivity index (χ4n) is 2.54. The van der Waals surface area contributed by atoms with Crippen molar-refractivity contribution in [3.05, 3.63) is 81.8 Å². The fraction of sp³-hybridized carbons (Fsp3) is 0.150. The molecule has 0 atom stereocenters. The summed E-state index contributed by atoms with van der Waals surface area (Å²) in [4.78, 5) is 28.7. The summed E-state index contributed by atoms with van der Waals surface area (Å²) in [7, 11) is -3.33. The van der Waals surface area contributed by atoms with Crippen LogP contribution in [0, 0.1) is 0 Å². The highest BCUT2D eigenvalue weighted by Gasteiger charge is 2.12. The minimum Gasteiger partial charge on any atom is -0.273 e. The molecule has 0 saturated carbocycles. The van der Waals surface area contributed by atoms with Crippen molar-refractivity contribution in [2.24, 2.45) is 0 Å². The molecule has 0 spiro atoms. The molecule has 2 aromatic carbocycles. The van der Waals surface area contributed by atoms with Crippen molar-refractivity contribution in [2.75, 3.05) is 6.26 Å². The number of carbonyl (C=O) groups is 2. The van der Waals surface area contributed by atoms with E-state index in [1.54, 1.807) is 0 Å². The van der Waals surface area contributed by atoms with Gasteiger partial charge in [-0.05, 0) is 29.8 Å². The predicted molar refractivity (Wildman–Crippen MR) is 110 cm³/mol. The Balaban J connectivity index is 1.50. The number of benzene rings is 2. The standard InChI is InChI=1S/C20H19N3O4S2/c1-29(26,27)17-9-7-15(8-10-17)20(25)23-22-18(24)12-16-13-28-19(21-16)11-14-5-3-2-4-6-14/h2-10,13H,11-12H2,1H3,(H,22,24)(H,23,25). The normalized spacial score (nSPS) is 11.1. The van der Waals surface area contributed by atoms with E-state index >= 15 is 0 Å². The third kappa shape index (κ3) is 5.97. The van der Waals surface area contributed by atoms with Gasteiger partial charge in [0.2, 0.25) is 5.91 Å². The quantitative estimate of drug-likeness (QED) is 0.584. The van der Waals surface area contributed by atoms with Crippen LogP contribution in [0.1, 0.15) is 26.6 Å². The van der Waals surface area contributed by atoms with E-state index in [9.17, 15) is 18.0 Å². The molecular weight excluding hydrogens is 410 g/mol. The number of rotatable bonds is 6. The van der Waals surface area contributed by atoms with Gasteiger partial charge in [0.05, 0.1) is 22.0 Å². The van der Waals surface area contributed by atoms with Gasteiger partial charge in [-0.25, -0.2) is 13.4 Å². The zero-order valence-electron chi connectivity index (χ0n) is 15.6. The van der Waals surface area contributed by atoms with Gasteiger partial charge in [0, 0.05) is 23.6 Å². The monoisotopic (exact) mass is 429 g/mol. The number of nitrogens with one attached hydrogen (secondary N) is 2. The molecule has 0 aliphatic rings. The first-order valence-electron chi connectivity index (χ1n) is 8.68. The zero-order chi connectivity index (χ0) is 20.9. The van der Waals surface area contributed by atoms with Crippen LogP contribution in [0.4, 0.5) is 0 Å². The molecule has 0 unspecified atom stereocenters. The molecule has 2 N–H and O–H groups in total. The second-order valence-corrected chi connectivity index (χ2v) is 9.33. The lowest BCUT2D eigenvalue weighted by molar-refractivity contribution is -0.121. The number of sulfone groups is 1. The average molecular weight is 430 g/mol. The van der Waals surface area contributed by atoms with Crippen LogP contribution in [0.2, 0.25) is 0 Å². The largest absolute Gasteiger partial charge is 0.273 e. The van der Waals surface area contributed by atoms with Gasteiger partial charge in [-0.2, -0.15) is 0 Å². The van der Waals surface area contributed by atoms with Gasteiger partial charge in [0.1, 0.15) is 0 Å². The highest BCUT2D eigenvalue weighted by molar-refractivity contribution is 7.90. The lowest BCUT2D eigenvalue weighted by Crippen LogP contribution is -2.42. The number of carbonyl (C=O) groups excluding carboxylic acids is 2. The van der Waals surface area contributed by atoms with Gasteiger partial charge in [-0.1, -0.05) is 30.3 Å². The number of hydrazine groups is 1. The first-order chi connectivity index (χ1) is 13.8. The van der Waals surface area contributed by atoms with Crippen LogP contribution in [-0.4, -0.2) is 31.5 Å². The minimum absolute atomic E-state index is 0.0403. The van der Waals surface area contributed by atoms with Crippen LogP contribution in [-0.2, 0) is 27.5 Å². The van der Waals surface area contributed by atoms with Crippen molar-refractivity contribution in [1.82, 2.24) is 15.8 Å². The zero-order valence-corrected chi connectivity index (χ0v) is 17.2. The van der Waals surface area contributed by atoms with Crippen molar-refractivity contribution in [1.29, 1.82) is 0 Å². The maximum Gasteiger partial charge on any atom is 0.269 e. The third-order valence-corrected chi connectivity index (χ3v) is 6.03. The Morgan fingerprint density at radius 2 is 1.69 bits per heavy atom. The summed E-state index contributed by atoms with van der Waals surface area (Å²) in [5.41, 5.74) is 6.66. The molecule has 1 heterocycles. The van der Waals surface area contributed by atoms with Gasteiger partial charge in [0.15, 0.2) is 9.84 Å². The van der Waals surface area contributed by atoms with Crippen LogP contribution in [0.15, 0.2) is 64.9 Å². The van der Waals surface area contributed by atoms with E-state index in [-0.39, 0.29) is 16.9 Å². The molecule has 0 aliphatic carbocycles. The molecule has 0 aliphatic heterocycles. The van der Waals surface area contributed by atoms with Gasteiger partial charge < -0.3 is 0 Å². The number of aromatic nitrogens is 1. The van der Waals surface area contributed by atoms with E-state index in [1.807, 2.05) is 35.7 Å². The van der Waals surface area contributed by atoms with E-state index in [0.717, 1.165) is 16.8 Å². The lowest BCUT2D eigenvalue weighted by Gasteiger charge is -2.07. The fourth-order valence-corrected chi connectivity index (χ4v) is 4.00. The van der Waals surface area contributed by atoms with Crippen LogP contribution >= 0.6 is 11.3 Å². The molecule has 150 valence electrons. The molecule has 3 aromatic rings. The van der Waals surface area contributed by atoms with Crippen molar-refractivity contribution in [3.63, 3.8) is 0 Å². The highest BCUT2D eigenvalue weighted by atomic mass is 32.2. The maximum absolute atomic E-state index is 12.1. The molecule has 0 fully saturated rings. The summed E-state index contributed by atoms with van der Waals surface area (Å²) < 4.78 is 22.9. The van der Waals surface area contributed by atoms with Crippen LogP contribution in [0.25, 0.3) is 0 Å². The third-order valence-electron chi connectivity index (χ3n) is 4.00. The Labute approximate surface area is 172 Å². The van der Waals surface area contributed by atoms with Crippen molar-refractivity contribution in [2.45, 2.75) is 17.7 Å². The molecule has 3 rings (SSSR count). The number of nitrogens with zero attached hydrogens (tertiary/aromatic N) is 1. The van der Waals surface area contributed by atoms with E-state index in [2.05, 4.69) is 15.8 Å². The Hall–Kier alpha value is -3.04. The van der Waals surface area contributed by atoms with Gasteiger partial charge in [-0.3, -0.25) is 20.4 Å². The topological polar surface area (TPSA) is 105 Å². The van der Waals surface area contributed by atoms with Crippen LogP contribution < -0.4 is 10.9 Å². The molecule has 9 heteroatoms. The molecule has 0 bridgehead atoms. The van der Waals surface area contributed by atoms with Gasteiger partial charge in [0.25, 0.3) is 5.91 Å². The molecule has 7 nitrogen and oxygen atoms in total. The van der Waals surface area contributed by atoms with Crippen molar-refractivity contribution >= 4 is 33.0 Å². The molecule has 1 aromatic heterocycles. The number of hydrogen-bond acceptors (Lipinski definition) is 6. The number of hydrogen-bond donors (Lipinski definition) is 2. The summed E-state index contributed by atoms with van der Waals surface area (Å²) in [5.74, 6) is -0.941. The SMILES string of the molecule is CS(=O)(=O)c1ccc(C(=O)NNC(=O)Cc2csc(Cc3ccccc3)n2)cc1. The maximum atomic E-state index is 12.1. The second-order valence-electron chi connectivity index (χ2n) is 6.37. The average Bonchev–Trinajstić information content (AvgIpc) is 3.13. The van der Waals surface area contributed by atoms with Gasteiger partial charge >= 0.3 is 0 Å². The van der Waals surface area contributed by atoms with E-state index in [4.69, 9.17) is 0 Å². The Bertz CT molecular complexity index is 1110. The van der Waals surface area contributed by atoms with Crippen molar-refractivity contribution < 1.29 is 18.0 Å². The van der Waals surface area contributed by atoms with Crippen molar-refractivity contribution in [3.8, 4) is 0 Å². The van der Waals surface area contributed by atoms with E-state index < -0.39 is 21.7 Å². The van der Waals surface area contributed by atoms with Crippen LogP contribution in [0.5, 0.6) is 0 Å². The van der Waals surface area contributed by atoms with E-state index in [0.29, 0.717) is 12.1 Å². The summed E-state index contributed by atoms with van der Waals surface area (Å²) >= 11 is 1.48. The van der Waals surface area contributed by atoms with Crippen LogP contribution in [0.3, 0.4) is 0 Å². The molecule has 29 heavy (non-hydrogen) atoms. The second kappa shape index (κ2) is 8.97. The smallest absolute Gasteiger partial charge is 0.269 e. The van der Waals surface area contributed by atoms with E-state index in [1.165, 1.54) is 35.6 Å². The number of amides is 2. The first-order valence-corrected chi connectivity index (χ1v) is 11.4. The predicted octanol–water partition coefficient (Wildman–Crippen LogP) is 2.14. The summed E-state index contributed by atoms with van der Waals surface area (Å²) in [6.07, 6.45) is 1.83. The Morgan fingerprint density at radius 3 is 2.34 bits per heavy atom. The molecular formula is C20H19N3O4S2. The minimum atomic E-state index is -3.33. The summed E-state index contributed by atoms with van der Waals surface area (Å²) in [5, 5.41) is 2.73. The van der Waals surface area contributed by atoms with Gasteiger partial charge in [-0.15, -0.1) is 11.3 Å². The Kier molecular flexibility index (Phi) is 6.40. The molecule has 2 amide bonds.